The number of aromatic nitrogens is 2. The van der Waals surface area contributed by atoms with Crippen molar-refractivity contribution in [2.24, 2.45) is 0 Å². The number of likely N-dealkylation sites (tertiary alicyclic amines) is 1. The second kappa shape index (κ2) is 8.65. The summed E-state index contributed by atoms with van der Waals surface area (Å²) in [5.41, 5.74) is 1.49. The van der Waals surface area contributed by atoms with Gasteiger partial charge in [0.1, 0.15) is 11.0 Å². The van der Waals surface area contributed by atoms with E-state index in [1.165, 1.54) is 34.5 Å². The molecule has 0 spiro atoms. The van der Waals surface area contributed by atoms with Crippen LogP contribution in [-0.4, -0.2) is 40.2 Å². The maximum Gasteiger partial charge on any atom is 0.256 e. The number of amides is 1. The van der Waals surface area contributed by atoms with Crippen LogP contribution in [0.1, 0.15) is 39.8 Å². The van der Waals surface area contributed by atoms with Crippen molar-refractivity contribution in [3.05, 3.63) is 68.9 Å². The summed E-state index contributed by atoms with van der Waals surface area (Å²) in [5.74, 6) is -0.588. The van der Waals surface area contributed by atoms with Crippen LogP contribution in [0.4, 0.5) is 4.39 Å². The molecule has 2 aromatic heterocycles. The predicted molar refractivity (Wildman–Crippen MR) is 113 cm³/mol. The van der Waals surface area contributed by atoms with Crippen molar-refractivity contribution in [1.29, 1.82) is 0 Å². The zero-order valence-electron chi connectivity index (χ0n) is 16.1. The third-order valence-corrected chi connectivity index (χ3v) is 6.53. The fourth-order valence-corrected chi connectivity index (χ4v) is 4.95. The SMILES string of the molecule is Cc1nn(-c2ccc(F)cc2)c(Cl)c1C(=O)NCC(c1cccs1)N1CCCC1. The van der Waals surface area contributed by atoms with Gasteiger partial charge in [0.15, 0.2) is 0 Å². The molecule has 1 aliphatic heterocycles. The summed E-state index contributed by atoms with van der Waals surface area (Å²) in [6.07, 6.45) is 2.37. The zero-order valence-corrected chi connectivity index (χ0v) is 17.6. The summed E-state index contributed by atoms with van der Waals surface area (Å²) in [7, 11) is 0. The van der Waals surface area contributed by atoms with Gasteiger partial charge in [0.25, 0.3) is 5.91 Å². The van der Waals surface area contributed by atoms with E-state index in [1.54, 1.807) is 30.4 Å². The Morgan fingerprint density at radius 3 is 2.66 bits per heavy atom. The molecule has 29 heavy (non-hydrogen) atoms. The van der Waals surface area contributed by atoms with Crippen LogP contribution in [0.2, 0.25) is 5.15 Å². The van der Waals surface area contributed by atoms with Crippen LogP contribution < -0.4 is 5.32 Å². The van der Waals surface area contributed by atoms with E-state index in [1.807, 2.05) is 6.07 Å². The Morgan fingerprint density at radius 1 is 1.28 bits per heavy atom. The average molecular weight is 433 g/mol. The lowest BCUT2D eigenvalue weighted by Crippen LogP contribution is -2.36. The minimum atomic E-state index is -0.340. The highest BCUT2D eigenvalue weighted by molar-refractivity contribution is 7.10. The third kappa shape index (κ3) is 4.22. The van der Waals surface area contributed by atoms with E-state index in [4.69, 9.17) is 11.6 Å². The van der Waals surface area contributed by atoms with E-state index in [0.717, 1.165) is 13.1 Å². The zero-order chi connectivity index (χ0) is 20.4. The number of benzene rings is 1. The molecule has 3 heterocycles. The van der Waals surface area contributed by atoms with Gasteiger partial charge in [-0.2, -0.15) is 5.10 Å². The fourth-order valence-electron chi connectivity index (χ4n) is 3.73. The van der Waals surface area contributed by atoms with Crippen molar-refractivity contribution in [2.45, 2.75) is 25.8 Å². The molecule has 0 bridgehead atoms. The first kappa shape index (κ1) is 20.1. The molecule has 1 unspecified atom stereocenters. The molecule has 3 aromatic rings. The van der Waals surface area contributed by atoms with Crippen LogP contribution in [0.15, 0.2) is 41.8 Å². The molecule has 1 saturated heterocycles. The molecule has 1 N–H and O–H groups in total. The van der Waals surface area contributed by atoms with Gasteiger partial charge in [-0.25, -0.2) is 9.07 Å². The third-order valence-electron chi connectivity index (χ3n) is 5.21. The van der Waals surface area contributed by atoms with Crippen LogP contribution in [0.5, 0.6) is 0 Å². The van der Waals surface area contributed by atoms with Crippen molar-refractivity contribution >= 4 is 28.8 Å². The number of aryl methyl sites for hydroxylation is 1. The smallest absolute Gasteiger partial charge is 0.256 e. The molecule has 8 heteroatoms. The summed E-state index contributed by atoms with van der Waals surface area (Å²) in [6, 6.07) is 10.1. The molecule has 1 aliphatic rings. The van der Waals surface area contributed by atoms with Gasteiger partial charge >= 0.3 is 0 Å². The molecular formula is C21H22ClFN4OS. The van der Waals surface area contributed by atoms with Crippen molar-refractivity contribution in [3.8, 4) is 5.69 Å². The highest BCUT2D eigenvalue weighted by atomic mass is 35.5. The minimum absolute atomic E-state index is 0.160. The largest absolute Gasteiger partial charge is 0.350 e. The number of thiophene rings is 1. The molecule has 4 rings (SSSR count). The quantitative estimate of drug-likeness (QED) is 0.619. The van der Waals surface area contributed by atoms with Gasteiger partial charge in [0.05, 0.1) is 23.0 Å². The first-order valence-corrected chi connectivity index (χ1v) is 10.9. The summed E-state index contributed by atoms with van der Waals surface area (Å²) >= 11 is 8.19. The molecular weight excluding hydrogens is 411 g/mol. The van der Waals surface area contributed by atoms with E-state index in [-0.39, 0.29) is 22.9 Å². The minimum Gasteiger partial charge on any atom is -0.350 e. The highest BCUT2D eigenvalue weighted by Gasteiger charge is 2.26. The fraction of sp³-hybridized carbons (Fsp3) is 0.333. The first-order chi connectivity index (χ1) is 14.0. The lowest BCUT2D eigenvalue weighted by molar-refractivity contribution is 0.0938. The van der Waals surface area contributed by atoms with Crippen molar-refractivity contribution in [3.63, 3.8) is 0 Å². The molecule has 0 saturated carbocycles. The molecule has 5 nitrogen and oxygen atoms in total. The van der Waals surface area contributed by atoms with Gasteiger partial charge in [-0.1, -0.05) is 17.7 Å². The van der Waals surface area contributed by atoms with Crippen LogP contribution in [0.25, 0.3) is 5.69 Å². The molecule has 1 amide bonds. The second-order valence-electron chi connectivity index (χ2n) is 7.12. The van der Waals surface area contributed by atoms with Crippen LogP contribution in [0.3, 0.4) is 0 Å². The van der Waals surface area contributed by atoms with Crippen molar-refractivity contribution < 1.29 is 9.18 Å². The maximum absolute atomic E-state index is 13.2. The summed E-state index contributed by atoms with van der Waals surface area (Å²) in [5, 5.41) is 9.71. The summed E-state index contributed by atoms with van der Waals surface area (Å²) in [4.78, 5) is 16.6. The standard InChI is InChI=1S/C21H22ClFN4OS/c1-14-19(20(22)27(25-14)16-8-6-15(23)7-9-16)21(28)24-13-17(18-5-4-12-29-18)26-10-2-3-11-26/h4-9,12,17H,2-3,10-11,13H2,1H3,(H,24,28). The Morgan fingerprint density at radius 2 is 2.00 bits per heavy atom. The second-order valence-corrected chi connectivity index (χ2v) is 8.46. The van der Waals surface area contributed by atoms with Gasteiger partial charge in [0, 0.05) is 11.4 Å². The lowest BCUT2D eigenvalue weighted by Gasteiger charge is -2.26. The number of hydrogen-bond donors (Lipinski definition) is 1. The number of carbonyl (C=O) groups is 1. The first-order valence-electron chi connectivity index (χ1n) is 9.61. The van der Waals surface area contributed by atoms with E-state index in [9.17, 15) is 9.18 Å². The lowest BCUT2D eigenvalue weighted by atomic mass is 10.2. The Hall–Kier alpha value is -2.22. The molecule has 1 fully saturated rings. The maximum atomic E-state index is 13.2. The van der Waals surface area contributed by atoms with E-state index >= 15 is 0 Å². The molecule has 1 aromatic carbocycles. The molecule has 0 aliphatic carbocycles. The Kier molecular flexibility index (Phi) is 5.99. The summed E-state index contributed by atoms with van der Waals surface area (Å²) < 4.78 is 14.7. The number of rotatable bonds is 6. The molecule has 152 valence electrons. The number of halogens is 2. The predicted octanol–water partition coefficient (Wildman–Crippen LogP) is 4.60. The van der Waals surface area contributed by atoms with Gasteiger partial charge in [-0.3, -0.25) is 9.69 Å². The van der Waals surface area contributed by atoms with Crippen molar-refractivity contribution in [1.82, 2.24) is 20.0 Å². The van der Waals surface area contributed by atoms with Gasteiger partial charge in [-0.05, 0) is 68.6 Å². The summed E-state index contributed by atoms with van der Waals surface area (Å²) in [6.45, 7) is 4.34. The molecule has 1 atom stereocenters. The Labute approximate surface area is 178 Å². The number of hydrogen-bond acceptors (Lipinski definition) is 4. The van der Waals surface area contributed by atoms with Gasteiger partial charge < -0.3 is 5.32 Å². The number of nitrogens with one attached hydrogen (secondary N) is 1. The van der Waals surface area contributed by atoms with E-state index < -0.39 is 0 Å². The topological polar surface area (TPSA) is 50.2 Å². The number of nitrogens with zero attached hydrogens (tertiary/aromatic N) is 3. The van der Waals surface area contributed by atoms with Crippen molar-refractivity contribution in [2.75, 3.05) is 19.6 Å². The number of carbonyl (C=O) groups excluding carboxylic acids is 1. The monoisotopic (exact) mass is 432 g/mol. The Bertz CT molecular complexity index is 981. The Balaban J connectivity index is 1.53. The highest BCUT2D eigenvalue weighted by Crippen LogP contribution is 2.28. The van der Waals surface area contributed by atoms with Crippen LogP contribution in [-0.2, 0) is 0 Å². The van der Waals surface area contributed by atoms with Crippen LogP contribution >= 0.6 is 22.9 Å². The van der Waals surface area contributed by atoms with Crippen LogP contribution in [0, 0.1) is 12.7 Å². The van der Waals surface area contributed by atoms with Gasteiger partial charge in [-0.15, -0.1) is 11.3 Å². The van der Waals surface area contributed by atoms with E-state index in [2.05, 4.69) is 26.8 Å². The normalized spacial score (nSPS) is 15.6. The average Bonchev–Trinajstić information content (AvgIpc) is 3.46. The van der Waals surface area contributed by atoms with E-state index in [0.29, 0.717) is 23.5 Å². The molecule has 0 radical (unpaired) electrons. The van der Waals surface area contributed by atoms with Gasteiger partial charge in [0.2, 0.25) is 0 Å².